The van der Waals surface area contributed by atoms with Gasteiger partial charge in [0.25, 0.3) is 0 Å². The summed E-state index contributed by atoms with van der Waals surface area (Å²) in [5, 5.41) is 0. The van der Waals surface area contributed by atoms with Crippen LogP contribution < -0.4 is 11.5 Å². The van der Waals surface area contributed by atoms with E-state index in [1.54, 1.807) is 0 Å². The van der Waals surface area contributed by atoms with Gasteiger partial charge in [-0.2, -0.15) is 0 Å². The van der Waals surface area contributed by atoms with E-state index in [-0.39, 0.29) is 18.0 Å². The summed E-state index contributed by atoms with van der Waals surface area (Å²) in [5.41, 5.74) is 12.5. The van der Waals surface area contributed by atoms with Crippen LogP contribution in [0.1, 0.15) is 37.3 Å². The molecule has 0 aliphatic carbocycles. The van der Waals surface area contributed by atoms with E-state index in [2.05, 4.69) is 17.0 Å². The summed E-state index contributed by atoms with van der Waals surface area (Å²) < 4.78 is 0. The van der Waals surface area contributed by atoms with E-state index in [1.807, 2.05) is 18.2 Å². The van der Waals surface area contributed by atoms with Crippen molar-refractivity contribution in [1.29, 1.82) is 0 Å². The van der Waals surface area contributed by atoms with Gasteiger partial charge in [0, 0.05) is 6.04 Å². The van der Waals surface area contributed by atoms with Gasteiger partial charge in [0.15, 0.2) is 0 Å². The van der Waals surface area contributed by atoms with Gasteiger partial charge >= 0.3 is 0 Å². The summed E-state index contributed by atoms with van der Waals surface area (Å²) >= 11 is 0. The molecule has 4 N–H and O–H groups in total. The fraction of sp³-hybridized carbons (Fsp3) is 0.533. The van der Waals surface area contributed by atoms with Crippen molar-refractivity contribution < 1.29 is 4.79 Å². The first kappa shape index (κ1) is 14.0. The van der Waals surface area contributed by atoms with Crippen LogP contribution >= 0.6 is 0 Å². The first-order valence-electron chi connectivity index (χ1n) is 7.04. The van der Waals surface area contributed by atoms with E-state index in [1.165, 1.54) is 5.56 Å². The number of piperidine rings is 1. The fourth-order valence-corrected chi connectivity index (χ4v) is 2.99. The summed E-state index contributed by atoms with van der Waals surface area (Å²) in [4.78, 5) is 13.9. The smallest absolute Gasteiger partial charge is 0.234 e. The Morgan fingerprint density at radius 3 is 2.68 bits per heavy atom. The Balaban J connectivity index is 2.24. The van der Waals surface area contributed by atoms with Crippen LogP contribution in [0.3, 0.4) is 0 Å². The lowest BCUT2D eigenvalue weighted by Crippen LogP contribution is -2.49. The summed E-state index contributed by atoms with van der Waals surface area (Å²) in [6, 6.07) is 10.3. The largest absolute Gasteiger partial charge is 0.368 e. The Morgan fingerprint density at radius 1 is 1.32 bits per heavy atom. The maximum Gasteiger partial charge on any atom is 0.234 e. The molecule has 1 heterocycles. The average molecular weight is 261 g/mol. The lowest BCUT2D eigenvalue weighted by Gasteiger charge is -2.40. The lowest BCUT2D eigenvalue weighted by atomic mass is 9.94. The molecular weight excluding hydrogens is 238 g/mol. The van der Waals surface area contributed by atoms with Crippen molar-refractivity contribution in [2.45, 2.75) is 37.8 Å². The minimum absolute atomic E-state index is 0.148. The fourth-order valence-electron chi connectivity index (χ4n) is 2.99. The number of primary amides is 1. The molecule has 19 heavy (non-hydrogen) atoms. The van der Waals surface area contributed by atoms with Crippen LogP contribution in [-0.2, 0) is 4.79 Å². The first-order chi connectivity index (χ1) is 9.24. The average Bonchev–Trinajstić information content (AvgIpc) is 2.45. The molecule has 1 amide bonds. The van der Waals surface area contributed by atoms with E-state index in [0.717, 1.165) is 32.2 Å². The Bertz CT molecular complexity index is 407. The highest BCUT2D eigenvalue weighted by atomic mass is 16.1. The van der Waals surface area contributed by atoms with E-state index in [4.69, 9.17) is 11.5 Å². The molecule has 1 aliphatic rings. The Labute approximate surface area is 114 Å². The molecule has 1 aliphatic heterocycles. The molecule has 0 aromatic heterocycles. The van der Waals surface area contributed by atoms with Gasteiger partial charge in [-0.25, -0.2) is 0 Å². The van der Waals surface area contributed by atoms with Crippen molar-refractivity contribution in [2.75, 3.05) is 13.1 Å². The van der Waals surface area contributed by atoms with Crippen molar-refractivity contribution in [2.24, 2.45) is 11.5 Å². The molecule has 0 bridgehead atoms. The van der Waals surface area contributed by atoms with Gasteiger partial charge in [0.2, 0.25) is 5.91 Å². The third-order valence-electron chi connectivity index (χ3n) is 3.90. The van der Waals surface area contributed by atoms with E-state index < -0.39 is 0 Å². The normalized spacial score (nSPS) is 22.1. The number of carbonyl (C=O) groups is 1. The molecule has 104 valence electrons. The topological polar surface area (TPSA) is 72.3 Å². The van der Waals surface area contributed by atoms with Gasteiger partial charge in [-0.3, -0.25) is 9.69 Å². The number of likely N-dealkylation sites (tertiary alicyclic amines) is 1. The molecule has 4 heteroatoms. The van der Waals surface area contributed by atoms with Crippen LogP contribution in [0.25, 0.3) is 0 Å². The first-order valence-corrected chi connectivity index (χ1v) is 7.04. The molecule has 0 saturated carbocycles. The summed E-state index contributed by atoms with van der Waals surface area (Å²) in [7, 11) is 0. The van der Waals surface area contributed by atoms with Crippen LogP contribution in [0.4, 0.5) is 0 Å². The van der Waals surface area contributed by atoms with Crippen LogP contribution in [0.5, 0.6) is 0 Å². The molecule has 2 unspecified atom stereocenters. The monoisotopic (exact) mass is 261 g/mol. The lowest BCUT2D eigenvalue weighted by molar-refractivity contribution is -0.125. The van der Waals surface area contributed by atoms with E-state index in [9.17, 15) is 4.79 Å². The summed E-state index contributed by atoms with van der Waals surface area (Å²) in [6.07, 6.45) is 3.92. The molecule has 0 radical (unpaired) electrons. The highest BCUT2D eigenvalue weighted by Gasteiger charge is 2.32. The van der Waals surface area contributed by atoms with E-state index in [0.29, 0.717) is 6.54 Å². The number of hydrogen-bond acceptors (Lipinski definition) is 3. The quantitative estimate of drug-likeness (QED) is 0.842. The number of amides is 1. The van der Waals surface area contributed by atoms with Gasteiger partial charge in [-0.15, -0.1) is 0 Å². The number of nitrogens with two attached hydrogens (primary N) is 2. The molecule has 1 aromatic rings. The van der Waals surface area contributed by atoms with E-state index >= 15 is 0 Å². The SMILES string of the molecule is NCCC(c1ccccc1)N1CCCCC1C(N)=O. The highest BCUT2D eigenvalue weighted by Crippen LogP contribution is 2.30. The second-order valence-corrected chi connectivity index (χ2v) is 5.16. The van der Waals surface area contributed by atoms with Gasteiger partial charge in [-0.05, 0) is 37.9 Å². The van der Waals surface area contributed by atoms with Crippen molar-refractivity contribution in [3.63, 3.8) is 0 Å². The Hall–Kier alpha value is -1.39. The highest BCUT2D eigenvalue weighted by molar-refractivity contribution is 5.80. The van der Waals surface area contributed by atoms with Crippen LogP contribution in [0.15, 0.2) is 30.3 Å². The Morgan fingerprint density at radius 2 is 2.05 bits per heavy atom. The maximum absolute atomic E-state index is 11.7. The standard InChI is InChI=1S/C15H23N3O/c16-10-9-13(12-6-2-1-3-7-12)18-11-5-4-8-14(18)15(17)19/h1-3,6-7,13-14H,4-5,8-11,16H2,(H2,17,19). The minimum Gasteiger partial charge on any atom is -0.368 e. The number of benzene rings is 1. The maximum atomic E-state index is 11.7. The molecule has 2 rings (SSSR count). The van der Waals surface area contributed by atoms with Crippen molar-refractivity contribution in [3.05, 3.63) is 35.9 Å². The molecule has 1 aromatic carbocycles. The molecule has 2 atom stereocenters. The van der Waals surface area contributed by atoms with Gasteiger partial charge in [0.05, 0.1) is 6.04 Å². The third kappa shape index (κ3) is 3.33. The Kier molecular flexibility index (Phi) is 4.93. The summed E-state index contributed by atoms with van der Waals surface area (Å²) in [5.74, 6) is -0.211. The number of nitrogens with zero attached hydrogens (tertiary/aromatic N) is 1. The number of hydrogen-bond donors (Lipinski definition) is 2. The molecule has 1 saturated heterocycles. The number of carbonyl (C=O) groups excluding carboxylic acids is 1. The van der Waals surface area contributed by atoms with Crippen molar-refractivity contribution >= 4 is 5.91 Å². The second kappa shape index (κ2) is 6.68. The van der Waals surface area contributed by atoms with Crippen LogP contribution in [0.2, 0.25) is 0 Å². The van der Waals surface area contributed by atoms with Crippen molar-refractivity contribution in [1.82, 2.24) is 4.90 Å². The minimum atomic E-state index is -0.211. The molecule has 4 nitrogen and oxygen atoms in total. The summed E-state index contributed by atoms with van der Waals surface area (Å²) in [6.45, 7) is 1.54. The van der Waals surface area contributed by atoms with Gasteiger partial charge < -0.3 is 11.5 Å². The van der Waals surface area contributed by atoms with Crippen molar-refractivity contribution in [3.8, 4) is 0 Å². The predicted molar refractivity (Wildman–Crippen MR) is 76.4 cm³/mol. The van der Waals surface area contributed by atoms with Crippen LogP contribution in [-0.4, -0.2) is 29.9 Å². The zero-order chi connectivity index (χ0) is 13.7. The second-order valence-electron chi connectivity index (χ2n) is 5.16. The zero-order valence-corrected chi connectivity index (χ0v) is 11.3. The molecule has 0 spiro atoms. The molecular formula is C15H23N3O. The predicted octanol–water partition coefficient (Wildman–Crippen LogP) is 1.42. The number of rotatable bonds is 5. The van der Waals surface area contributed by atoms with Gasteiger partial charge in [-0.1, -0.05) is 36.8 Å². The zero-order valence-electron chi connectivity index (χ0n) is 11.3. The van der Waals surface area contributed by atoms with Crippen LogP contribution in [0, 0.1) is 0 Å². The molecule has 1 fully saturated rings. The third-order valence-corrected chi connectivity index (χ3v) is 3.90. The van der Waals surface area contributed by atoms with Gasteiger partial charge in [0.1, 0.15) is 0 Å².